The Labute approximate surface area is 243 Å². The highest BCUT2D eigenvalue weighted by molar-refractivity contribution is 7.99. The van der Waals surface area contributed by atoms with Gasteiger partial charge in [0, 0.05) is 28.6 Å². The molecular formula is C31H31ClN4O3S. The van der Waals surface area contributed by atoms with Gasteiger partial charge in [-0.1, -0.05) is 65.3 Å². The Kier molecular flexibility index (Phi) is 9.79. The van der Waals surface area contributed by atoms with Crippen LogP contribution in [0.1, 0.15) is 34.1 Å². The first-order chi connectivity index (χ1) is 19.2. The van der Waals surface area contributed by atoms with Gasteiger partial charge >= 0.3 is 0 Å². The number of halogens is 1. The van der Waals surface area contributed by atoms with Gasteiger partial charge in [-0.05, 0) is 74.4 Å². The number of nitrogens with one attached hydrogen (secondary N) is 1. The summed E-state index contributed by atoms with van der Waals surface area (Å²) in [6.07, 6.45) is 0. The number of rotatable bonds is 10. The number of aromatic nitrogens is 2. The third kappa shape index (κ3) is 7.83. The van der Waals surface area contributed by atoms with Gasteiger partial charge in [0.1, 0.15) is 11.8 Å². The number of benzene rings is 3. The molecule has 4 aromatic rings. The van der Waals surface area contributed by atoms with Crippen LogP contribution in [0.15, 0.2) is 84.0 Å². The van der Waals surface area contributed by atoms with Crippen LogP contribution >= 0.6 is 23.4 Å². The monoisotopic (exact) mass is 574 g/mol. The SMILES string of the molecule is COc1ccc(NC(=O)[C@@H](c2ccc(Cl)cc2)N(Cc2ccc(C)cc2)C(=O)CSc2nc(C)cc(C)n2)cc1. The molecule has 3 aromatic carbocycles. The number of ether oxygens (including phenoxy) is 1. The average molecular weight is 575 g/mol. The molecule has 0 aliphatic carbocycles. The minimum atomic E-state index is -0.922. The lowest BCUT2D eigenvalue weighted by atomic mass is 10.0. The molecule has 0 spiro atoms. The fraction of sp³-hybridized carbons (Fsp3) is 0.226. The summed E-state index contributed by atoms with van der Waals surface area (Å²) in [7, 11) is 1.58. The lowest BCUT2D eigenvalue weighted by molar-refractivity contribution is -0.137. The molecule has 0 fully saturated rings. The minimum absolute atomic E-state index is 0.0641. The average Bonchev–Trinajstić information content (AvgIpc) is 2.93. The first kappa shape index (κ1) is 29.1. The van der Waals surface area contributed by atoms with E-state index in [1.165, 1.54) is 11.8 Å². The molecule has 4 rings (SSSR count). The second-order valence-electron chi connectivity index (χ2n) is 9.40. The van der Waals surface area contributed by atoms with E-state index in [0.29, 0.717) is 27.2 Å². The lowest BCUT2D eigenvalue weighted by Crippen LogP contribution is -2.41. The largest absolute Gasteiger partial charge is 0.497 e. The number of thioether (sulfide) groups is 1. The Bertz CT molecular complexity index is 1440. The van der Waals surface area contributed by atoms with Crippen molar-refractivity contribution >= 4 is 40.9 Å². The predicted octanol–water partition coefficient (Wildman–Crippen LogP) is 6.56. The molecule has 0 saturated heterocycles. The molecule has 7 nitrogen and oxygen atoms in total. The molecule has 0 radical (unpaired) electrons. The van der Waals surface area contributed by atoms with Crippen LogP contribution in [0.4, 0.5) is 5.69 Å². The van der Waals surface area contributed by atoms with E-state index in [4.69, 9.17) is 16.3 Å². The van der Waals surface area contributed by atoms with Gasteiger partial charge in [0.2, 0.25) is 5.91 Å². The minimum Gasteiger partial charge on any atom is -0.497 e. The zero-order valence-electron chi connectivity index (χ0n) is 22.8. The third-order valence-corrected chi connectivity index (χ3v) is 7.27. The molecule has 0 aliphatic heterocycles. The molecule has 1 atom stereocenters. The normalized spacial score (nSPS) is 11.5. The first-order valence-corrected chi connectivity index (χ1v) is 14.1. The van der Waals surface area contributed by atoms with Crippen molar-refractivity contribution in [3.05, 3.63) is 112 Å². The quantitative estimate of drug-likeness (QED) is 0.170. The van der Waals surface area contributed by atoms with Crippen LogP contribution in [0, 0.1) is 20.8 Å². The summed E-state index contributed by atoms with van der Waals surface area (Å²) in [5, 5.41) is 4.03. The van der Waals surface area contributed by atoms with Crippen LogP contribution in [0.5, 0.6) is 5.75 Å². The Hall–Kier alpha value is -3.88. The second-order valence-corrected chi connectivity index (χ2v) is 10.8. The summed E-state index contributed by atoms with van der Waals surface area (Å²) < 4.78 is 5.23. The number of carbonyl (C=O) groups is 2. The zero-order chi connectivity index (χ0) is 28.6. The summed E-state index contributed by atoms with van der Waals surface area (Å²) in [4.78, 5) is 38.3. The Balaban J connectivity index is 1.69. The van der Waals surface area contributed by atoms with Gasteiger partial charge < -0.3 is 15.0 Å². The number of anilines is 1. The molecule has 0 saturated carbocycles. The summed E-state index contributed by atoms with van der Waals surface area (Å²) in [5.41, 5.74) is 4.90. The first-order valence-electron chi connectivity index (χ1n) is 12.7. The van der Waals surface area contributed by atoms with Gasteiger partial charge in [-0.2, -0.15) is 0 Å². The van der Waals surface area contributed by atoms with Crippen molar-refractivity contribution in [3.8, 4) is 5.75 Å². The number of hydrogen-bond acceptors (Lipinski definition) is 6. The van der Waals surface area contributed by atoms with Gasteiger partial charge in [0.05, 0.1) is 12.9 Å². The number of aryl methyl sites for hydroxylation is 3. The maximum absolute atomic E-state index is 13.9. The number of hydrogen-bond donors (Lipinski definition) is 1. The van der Waals surface area contributed by atoms with E-state index in [9.17, 15) is 9.59 Å². The Morgan fingerprint density at radius 1 is 0.925 bits per heavy atom. The highest BCUT2D eigenvalue weighted by Gasteiger charge is 2.32. The molecule has 0 aliphatic rings. The number of nitrogens with zero attached hydrogens (tertiary/aromatic N) is 3. The molecule has 9 heteroatoms. The van der Waals surface area contributed by atoms with Crippen LogP contribution in [-0.2, 0) is 16.1 Å². The van der Waals surface area contributed by atoms with Gasteiger partial charge in [0.25, 0.3) is 5.91 Å². The zero-order valence-corrected chi connectivity index (χ0v) is 24.4. The maximum atomic E-state index is 13.9. The van der Waals surface area contributed by atoms with Crippen LogP contribution in [0.25, 0.3) is 0 Å². The fourth-order valence-electron chi connectivity index (χ4n) is 4.18. The standard InChI is InChI=1S/C31H31ClN4O3S/c1-20-5-7-23(8-6-20)18-36(28(37)19-40-31-33-21(2)17-22(3)34-31)29(24-9-11-25(32)12-10-24)30(38)35-26-13-15-27(39-4)16-14-26/h5-17,29H,18-19H2,1-4H3,(H,35,38)/t29-/m1/s1. The molecule has 1 heterocycles. The molecule has 0 bridgehead atoms. The van der Waals surface area contributed by atoms with E-state index in [1.807, 2.05) is 51.1 Å². The van der Waals surface area contributed by atoms with Gasteiger partial charge in [0.15, 0.2) is 5.16 Å². The van der Waals surface area contributed by atoms with E-state index < -0.39 is 6.04 Å². The predicted molar refractivity (Wildman–Crippen MR) is 160 cm³/mol. The molecule has 0 unspecified atom stereocenters. The highest BCUT2D eigenvalue weighted by atomic mass is 35.5. The van der Waals surface area contributed by atoms with E-state index >= 15 is 0 Å². The van der Waals surface area contributed by atoms with E-state index in [2.05, 4.69) is 15.3 Å². The van der Waals surface area contributed by atoms with Crippen molar-refractivity contribution in [2.45, 2.75) is 38.5 Å². The van der Waals surface area contributed by atoms with Crippen molar-refractivity contribution in [1.29, 1.82) is 0 Å². The molecule has 2 amide bonds. The summed E-state index contributed by atoms with van der Waals surface area (Å²) in [6, 6.07) is 22.9. The maximum Gasteiger partial charge on any atom is 0.251 e. The number of methoxy groups -OCH3 is 1. The number of amides is 2. The fourth-order valence-corrected chi connectivity index (χ4v) is 5.15. The molecule has 1 N–H and O–H groups in total. The van der Waals surface area contributed by atoms with E-state index in [1.54, 1.807) is 60.5 Å². The third-order valence-electron chi connectivity index (χ3n) is 6.18. The van der Waals surface area contributed by atoms with Gasteiger partial charge in [-0.15, -0.1) is 0 Å². The second kappa shape index (κ2) is 13.5. The summed E-state index contributed by atoms with van der Waals surface area (Å²) >= 11 is 7.43. The van der Waals surface area contributed by atoms with Crippen molar-refractivity contribution in [3.63, 3.8) is 0 Å². The Morgan fingerprint density at radius 3 is 2.15 bits per heavy atom. The van der Waals surface area contributed by atoms with Gasteiger partial charge in [-0.25, -0.2) is 9.97 Å². The summed E-state index contributed by atoms with van der Waals surface area (Å²) in [6.45, 7) is 6.03. The van der Waals surface area contributed by atoms with E-state index in [0.717, 1.165) is 22.5 Å². The molecule has 40 heavy (non-hydrogen) atoms. The highest BCUT2D eigenvalue weighted by Crippen LogP contribution is 2.29. The van der Waals surface area contributed by atoms with Gasteiger partial charge in [-0.3, -0.25) is 9.59 Å². The smallest absolute Gasteiger partial charge is 0.251 e. The molecule has 1 aromatic heterocycles. The summed E-state index contributed by atoms with van der Waals surface area (Å²) in [5.74, 6) is 0.169. The van der Waals surface area contributed by atoms with Crippen LogP contribution < -0.4 is 10.1 Å². The van der Waals surface area contributed by atoms with Crippen molar-refractivity contribution in [2.75, 3.05) is 18.2 Å². The van der Waals surface area contributed by atoms with Crippen molar-refractivity contribution in [1.82, 2.24) is 14.9 Å². The molecule has 206 valence electrons. The van der Waals surface area contributed by atoms with Crippen LogP contribution in [0.2, 0.25) is 5.02 Å². The lowest BCUT2D eigenvalue weighted by Gasteiger charge is -2.31. The molecular weight excluding hydrogens is 544 g/mol. The topological polar surface area (TPSA) is 84.4 Å². The van der Waals surface area contributed by atoms with Crippen molar-refractivity contribution < 1.29 is 14.3 Å². The van der Waals surface area contributed by atoms with Crippen LogP contribution in [-0.4, -0.2) is 39.5 Å². The van der Waals surface area contributed by atoms with Crippen molar-refractivity contribution in [2.24, 2.45) is 0 Å². The number of carbonyl (C=O) groups excluding carboxylic acids is 2. The Morgan fingerprint density at radius 2 is 1.55 bits per heavy atom. The van der Waals surface area contributed by atoms with E-state index in [-0.39, 0.29) is 24.1 Å². The van der Waals surface area contributed by atoms with Crippen LogP contribution in [0.3, 0.4) is 0 Å².